The van der Waals surface area contributed by atoms with Crippen molar-refractivity contribution in [3.63, 3.8) is 0 Å². The molecule has 0 radical (unpaired) electrons. The first-order chi connectivity index (χ1) is 10.5. The van der Waals surface area contributed by atoms with Crippen LogP contribution in [0, 0.1) is 0 Å². The topological polar surface area (TPSA) is 83.8 Å². The van der Waals surface area contributed by atoms with Crippen LogP contribution >= 0.6 is 0 Å². The van der Waals surface area contributed by atoms with Crippen LogP contribution in [-0.4, -0.2) is 29.3 Å². The Hall–Kier alpha value is -2.82. The Morgan fingerprint density at radius 1 is 1.00 bits per heavy atom. The molecule has 2 aromatic rings. The highest BCUT2D eigenvalue weighted by Crippen LogP contribution is 2.26. The molecule has 0 fully saturated rings. The smallest absolute Gasteiger partial charge is 0.339 e. The highest BCUT2D eigenvalue weighted by molar-refractivity contribution is 5.96. The number of hydrogen-bond acceptors (Lipinski definition) is 3. The van der Waals surface area contributed by atoms with Gasteiger partial charge < -0.3 is 14.9 Å². The second-order valence-corrected chi connectivity index (χ2v) is 4.81. The van der Waals surface area contributed by atoms with E-state index in [0.717, 1.165) is 5.56 Å². The number of hydrogen-bond donors (Lipinski definition) is 2. The minimum absolute atomic E-state index is 0.0171. The van der Waals surface area contributed by atoms with Crippen LogP contribution in [0.25, 0.3) is 0 Å². The van der Waals surface area contributed by atoms with E-state index in [-0.39, 0.29) is 16.9 Å². The summed E-state index contributed by atoms with van der Waals surface area (Å²) in [4.78, 5) is 22.6. The standard InChI is InChI=1S/C17H16O5/c1-22-14-10-13(16(18)19)9-12(15(14)17(20)21)8-7-11-5-3-2-4-6-11/h2-6,9-10H,7-8H2,1H3,(H,18,19)(H,20,21). The van der Waals surface area contributed by atoms with Crippen LogP contribution in [0.2, 0.25) is 0 Å². The summed E-state index contributed by atoms with van der Waals surface area (Å²) in [5.74, 6) is -2.18. The summed E-state index contributed by atoms with van der Waals surface area (Å²) in [7, 11) is 1.33. The molecule has 0 atom stereocenters. The molecule has 0 amide bonds. The Balaban J connectivity index is 2.40. The van der Waals surface area contributed by atoms with Gasteiger partial charge in [0.05, 0.1) is 12.7 Å². The second-order valence-electron chi connectivity index (χ2n) is 4.81. The number of benzene rings is 2. The van der Waals surface area contributed by atoms with Crippen molar-refractivity contribution in [2.45, 2.75) is 12.8 Å². The molecule has 0 heterocycles. The summed E-state index contributed by atoms with van der Waals surface area (Å²) in [5.41, 5.74) is 1.54. The molecule has 0 aliphatic carbocycles. The Bertz CT molecular complexity index is 692. The quantitative estimate of drug-likeness (QED) is 0.857. The maximum Gasteiger partial charge on any atom is 0.339 e. The predicted octanol–water partition coefficient (Wildman–Crippen LogP) is 2.88. The average Bonchev–Trinajstić information content (AvgIpc) is 2.52. The lowest BCUT2D eigenvalue weighted by atomic mass is 9.96. The third-order valence-corrected chi connectivity index (χ3v) is 3.39. The van der Waals surface area contributed by atoms with Gasteiger partial charge >= 0.3 is 11.9 Å². The van der Waals surface area contributed by atoms with Gasteiger partial charge in [0.1, 0.15) is 11.3 Å². The Morgan fingerprint density at radius 2 is 1.68 bits per heavy atom. The van der Waals surface area contributed by atoms with Crippen molar-refractivity contribution >= 4 is 11.9 Å². The minimum Gasteiger partial charge on any atom is -0.496 e. The van der Waals surface area contributed by atoms with Gasteiger partial charge in [-0.25, -0.2) is 9.59 Å². The van der Waals surface area contributed by atoms with Crippen LogP contribution in [0.15, 0.2) is 42.5 Å². The molecule has 0 unspecified atom stereocenters. The zero-order valence-corrected chi connectivity index (χ0v) is 12.1. The van der Waals surface area contributed by atoms with Crippen molar-refractivity contribution in [1.29, 1.82) is 0 Å². The van der Waals surface area contributed by atoms with Crippen molar-refractivity contribution in [3.05, 3.63) is 64.7 Å². The maximum absolute atomic E-state index is 11.5. The van der Waals surface area contributed by atoms with Gasteiger partial charge in [0.25, 0.3) is 0 Å². The van der Waals surface area contributed by atoms with E-state index in [4.69, 9.17) is 9.84 Å². The van der Waals surface area contributed by atoms with Crippen molar-refractivity contribution in [2.75, 3.05) is 7.11 Å². The summed E-state index contributed by atoms with van der Waals surface area (Å²) in [5, 5.41) is 18.5. The summed E-state index contributed by atoms with van der Waals surface area (Å²) < 4.78 is 5.05. The van der Waals surface area contributed by atoms with E-state index >= 15 is 0 Å². The first-order valence-corrected chi connectivity index (χ1v) is 6.74. The molecule has 2 aromatic carbocycles. The third kappa shape index (κ3) is 3.44. The molecular weight excluding hydrogens is 284 g/mol. The SMILES string of the molecule is COc1cc(C(=O)O)cc(CCc2ccccc2)c1C(=O)O. The lowest BCUT2D eigenvalue weighted by molar-refractivity contribution is 0.0676. The Labute approximate surface area is 127 Å². The number of carboxylic acid groups (broad SMARTS) is 2. The average molecular weight is 300 g/mol. The van der Waals surface area contributed by atoms with Crippen LogP contribution in [0.1, 0.15) is 31.8 Å². The van der Waals surface area contributed by atoms with Gasteiger partial charge in [0, 0.05) is 0 Å². The van der Waals surface area contributed by atoms with Gasteiger partial charge in [-0.1, -0.05) is 30.3 Å². The normalized spacial score (nSPS) is 10.2. The monoisotopic (exact) mass is 300 g/mol. The summed E-state index contributed by atoms with van der Waals surface area (Å²) >= 11 is 0. The van der Waals surface area contributed by atoms with Crippen molar-refractivity contribution in [3.8, 4) is 5.75 Å². The van der Waals surface area contributed by atoms with Gasteiger partial charge in [-0.05, 0) is 36.1 Å². The number of aromatic carboxylic acids is 2. The lowest BCUT2D eigenvalue weighted by Gasteiger charge is -2.12. The van der Waals surface area contributed by atoms with Crippen molar-refractivity contribution < 1.29 is 24.5 Å². The largest absolute Gasteiger partial charge is 0.496 e. The molecule has 0 bridgehead atoms. The Morgan fingerprint density at radius 3 is 2.23 bits per heavy atom. The summed E-state index contributed by atoms with van der Waals surface area (Å²) in [6.45, 7) is 0. The van der Waals surface area contributed by atoms with Crippen molar-refractivity contribution in [2.24, 2.45) is 0 Å². The maximum atomic E-state index is 11.5. The molecule has 5 nitrogen and oxygen atoms in total. The number of methoxy groups -OCH3 is 1. The zero-order chi connectivity index (χ0) is 16.1. The highest BCUT2D eigenvalue weighted by Gasteiger charge is 2.20. The van der Waals surface area contributed by atoms with E-state index in [1.54, 1.807) is 0 Å². The summed E-state index contributed by atoms with van der Waals surface area (Å²) in [6, 6.07) is 12.2. The molecule has 0 aromatic heterocycles. The van der Waals surface area contributed by atoms with Gasteiger partial charge in [0.2, 0.25) is 0 Å². The molecule has 2 rings (SSSR count). The molecule has 0 spiro atoms. The molecule has 2 N–H and O–H groups in total. The minimum atomic E-state index is -1.13. The van der Waals surface area contributed by atoms with E-state index in [1.165, 1.54) is 19.2 Å². The molecule has 114 valence electrons. The molecule has 5 heteroatoms. The first-order valence-electron chi connectivity index (χ1n) is 6.74. The number of ether oxygens (including phenoxy) is 1. The fourth-order valence-electron chi connectivity index (χ4n) is 2.32. The fourth-order valence-corrected chi connectivity index (χ4v) is 2.32. The van der Waals surface area contributed by atoms with Crippen LogP contribution in [0.4, 0.5) is 0 Å². The molecule has 0 saturated heterocycles. The van der Waals surface area contributed by atoms with E-state index in [2.05, 4.69) is 0 Å². The highest BCUT2D eigenvalue weighted by atomic mass is 16.5. The zero-order valence-electron chi connectivity index (χ0n) is 12.1. The number of rotatable bonds is 6. The van der Waals surface area contributed by atoms with Gasteiger partial charge in [-0.15, -0.1) is 0 Å². The van der Waals surface area contributed by atoms with Crippen molar-refractivity contribution in [1.82, 2.24) is 0 Å². The first kappa shape index (κ1) is 15.6. The van der Waals surface area contributed by atoms with E-state index in [1.807, 2.05) is 30.3 Å². The van der Waals surface area contributed by atoms with Gasteiger partial charge in [0.15, 0.2) is 0 Å². The molecule has 0 saturated carbocycles. The van der Waals surface area contributed by atoms with Gasteiger partial charge in [-0.3, -0.25) is 0 Å². The number of carbonyl (C=O) groups is 2. The predicted molar refractivity (Wildman–Crippen MR) is 80.8 cm³/mol. The van der Waals surface area contributed by atoms with Crippen LogP contribution in [0.3, 0.4) is 0 Å². The van der Waals surface area contributed by atoms with Crippen LogP contribution in [-0.2, 0) is 12.8 Å². The Kier molecular flexibility index (Phi) is 4.78. The summed E-state index contributed by atoms with van der Waals surface area (Å²) in [6.07, 6.45) is 1.04. The van der Waals surface area contributed by atoms with Gasteiger partial charge in [-0.2, -0.15) is 0 Å². The van der Waals surface area contributed by atoms with E-state index < -0.39 is 11.9 Å². The number of aryl methyl sites for hydroxylation is 2. The second kappa shape index (κ2) is 6.76. The third-order valence-electron chi connectivity index (χ3n) is 3.39. The lowest BCUT2D eigenvalue weighted by Crippen LogP contribution is -2.09. The molecular formula is C17H16O5. The number of carboxylic acids is 2. The molecule has 22 heavy (non-hydrogen) atoms. The molecule has 0 aliphatic rings. The molecule has 0 aliphatic heterocycles. The fraction of sp³-hybridized carbons (Fsp3) is 0.176. The van der Waals surface area contributed by atoms with E-state index in [0.29, 0.717) is 18.4 Å². The van der Waals surface area contributed by atoms with Crippen LogP contribution in [0.5, 0.6) is 5.75 Å². The van der Waals surface area contributed by atoms with E-state index in [9.17, 15) is 14.7 Å². The van der Waals surface area contributed by atoms with Crippen LogP contribution < -0.4 is 4.74 Å².